The van der Waals surface area contributed by atoms with Crippen LogP contribution in [0.4, 0.5) is 13.2 Å². The highest BCUT2D eigenvalue weighted by Crippen LogP contribution is 2.36. The minimum Gasteiger partial charge on any atom is -0.478 e. The lowest BCUT2D eigenvalue weighted by Crippen LogP contribution is -2.41. The van der Waals surface area contributed by atoms with Crippen LogP contribution in [0.5, 0.6) is 0 Å². The quantitative estimate of drug-likeness (QED) is 0.186. The fourth-order valence-electron chi connectivity index (χ4n) is 7.69. The zero-order valence-electron chi connectivity index (χ0n) is 28.5. The normalized spacial score (nSPS) is 22.0. The smallest absolute Gasteiger partial charge is 0.416 e. The summed E-state index contributed by atoms with van der Waals surface area (Å²) in [5.41, 5.74) is 1.64. The number of fused-ring (bicyclic) bond motifs is 1. The van der Waals surface area contributed by atoms with Crippen molar-refractivity contribution in [2.75, 3.05) is 26.2 Å². The number of thioether (sulfide) groups is 1. The molecule has 1 aromatic heterocycles. The molecule has 0 amide bonds. The number of hydrogen-bond donors (Lipinski definition) is 0. The van der Waals surface area contributed by atoms with Gasteiger partial charge in [0.15, 0.2) is 6.23 Å². The van der Waals surface area contributed by atoms with Crippen LogP contribution in [-0.4, -0.2) is 63.6 Å². The van der Waals surface area contributed by atoms with Gasteiger partial charge in [-0.2, -0.15) is 13.2 Å². The first-order valence-corrected chi connectivity index (χ1v) is 19.1. The van der Waals surface area contributed by atoms with E-state index in [1.165, 1.54) is 95.1 Å². The molecule has 3 aliphatic heterocycles. The average Bonchev–Trinajstić information content (AvgIpc) is 3.38. The van der Waals surface area contributed by atoms with Gasteiger partial charge in [-0.1, -0.05) is 62.8 Å². The average molecular weight is 674 g/mol. The maximum atomic E-state index is 13.2. The second-order valence-electron chi connectivity index (χ2n) is 13.9. The molecule has 260 valence electrons. The van der Waals surface area contributed by atoms with Crippen molar-refractivity contribution >= 4 is 27.8 Å². The van der Waals surface area contributed by atoms with Gasteiger partial charge in [-0.25, -0.2) is 0 Å². The number of nitrogens with zero attached hydrogens (tertiary/aromatic N) is 3. The summed E-state index contributed by atoms with van der Waals surface area (Å²) in [4.78, 5) is 22.0. The maximum absolute atomic E-state index is 13.2. The summed E-state index contributed by atoms with van der Waals surface area (Å²) in [5, 5.41) is 1.06. The topological polar surface area (TPSA) is 45.7 Å². The molecule has 4 heterocycles. The number of halogens is 3. The third kappa shape index (κ3) is 10.2. The summed E-state index contributed by atoms with van der Waals surface area (Å²) in [7, 11) is 0. The van der Waals surface area contributed by atoms with Crippen LogP contribution >= 0.6 is 11.8 Å². The number of unbranched alkanes of at least 4 members (excludes halogenated alkanes) is 3. The Hall–Kier alpha value is -2.10. The number of pyridine rings is 1. The molecule has 1 aromatic carbocycles. The van der Waals surface area contributed by atoms with Gasteiger partial charge in [0, 0.05) is 36.3 Å². The SMILES string of the molecule is CC1=C(OC(CCC(CCCCCCc2ccnc3cc(C(F)(F)F)ccc23)N2CCCCCC2)N2CCCCCC2)C(C)SC1=O. The van der Waals surface area contributed by atoms with Gasteiger partial charge in [0.2, 0.25) is 5.12 Å². The lowest BCUT2D eigenvalue weighted by Gasteiger charge is -2.36. The highest BCUT2D eigenvalue weighted by molar-refractivity contribution is 8.15. The Kier molecular flexibility index (Phi) is 13.5. The Morgan fingerprint density at radius 1 is 0.872 bits per heavy atom. The van der Waals surface area contributed by atoms with Crippen LogP contribution in [0.2, 0.25) is 0 Å². The van der Waals surface area contributed by atoms with Crippen molar-refractivity contribution in [3.63, 3.8) is 0 Å². The highest BCUT2D eigenvalue weighted by atomic mass is 32.2. The molecule has 2 saturated heterocycles. The van der Waals surface area contributed by atoms with Crippen molar-refractivity contribution < 1.29 is 22.7 Å². The molecule has 47 heavy (non-hydrogen) atoms. The Balaban J connectivity index is 1.17. The molecule has 0 N–H and O–H groups in total. The number of ether oxygens (including phenoxy) is 1. The molecule has 5 rings (SSSR count). The van der Waals surface area contributed by atoms with Crippen molar-refractivity contribution in [3.05, 3.63) is 52.9 Å². The highest BCUT2D eigenvalue weighted by Gasteiger charge is 2.34. The van der Waals surface area contributed by atoms with Gasteiger partial charge in [-0.15, -0.1) is 0 Å². The Morgan fingerprint density at radius 3 is 2.17 bits per heavy atom. The van der Waals surface area contributed by atoms with E-state index in [4.69, 9.17) is 4.74 Å². The van der Waals surface area contributed by atoms with Crippen molar-refractivity contribution in [2.45, 2.75) is 140 Å². The molecule has 3 atom stereocenters. The van der Waals surface area contributed by atoms with Crippen LogP contribution in [0.25, 0.3) is 10.9 Å². The van der Waals surface area contributed by atoms with Gasteiger partial charge < -0.3 is 9.64 Å². The second kappa shape index (κ2) is 17.5. The Morgan fingerprint density at radius 2 is 1.53 bits per heavy atom. The number of aromatic nitrogens is 1. The van der Waals surface area contributed by atoms with Crippen LogP contribution < -0.4 is 0 Å². The van der Waals surface area contributed by atoms with Crippen LogP contribution in [-0.2, 0) is 22.1 Å². The van der Waals surface area contributed by atoms with E-state index in [0.29, 0.717) is 11.6 Å². The summed E-state index contributed by atoms with van der Waals surface area (Å²) in [5.74, 6) is 0.892. The van der Waals surface area contributed by atoms with E-state index in [0.717, 1.165) is 80.0 Å². The zero-order valence-corrected chi connectivity index (χ0v) is 29.3. The van der Waals surface area contributed by atoms with Crippen molar-refractivity contribution in [1.82, 2.24) is 14.8 Å². The molecular weight excluding hydrogens is 619 g/mol. The van der Waals surface area contributed by atoms with Gasteiger partial charge in [-0.05, 0) is 108 Å². The first kappa shape index (κ1) is 36.2. The maximum Gasteiger partial charge on any atom is 0.416 e. The standard InChI is InChI=1S/C38H54F3N3O2S/c1-28-36(29(2)47-37(28)45)46-35(44-25-13-7-8-14-26-44)20-18-32(43-23-11-5-6-12-24-43)16-10-4-3-9-15-30-21-22-42-34-27-31(38(39,40)41)17-19-33(30)34/h17,19,21-22,27,29,32,35H,3-16,18,20,23-26H2,1-2H3. The molecule has 3 aliphatic rings. The van der Waals surface area contributed by atoms with Gasteiger partial charge in [0.25, 0.3) is 0 Å². The molecule has 0 radical (unpaired) electrons. The van der Waals surface area contributed by atoms with Crippen LogP contribution in [0.1, 0.15) is 121 Å². The largest absolute Gasteiger partial charge is 0.478 e. The number of alkyl halides is 3. The molecule has 5 nitrogen and oxygen atoms in total. The predicted molar refractivity (Wildman–Crippen MR) is 186 cm³/mol. The van der Waals surface area contributed by atoms with E-state index in [1.807, 2.05) is 13.0 Å². The molecule has 2 fully saturated rings. The minimum absolute atomic E-state index is 0.0175. The summed E-state index contributed by atoms with van der Waals surface area (Å²) < 4.78 is 46.4. The van der Waals surface area contributed by atoms with Gasteiger partial charge in [-0.3, -0.25) is 14.7 Å². The fourth-order valence-corrected chi connectivity index (χ4v) is 8.63. The van der Waals surface area contributed by atoms with E-state index in [-0.39, 0.29) is 16.6 Å². The number of aryl methyl sites for hydroxylation is 1. The second-order valence-corrected chi connectivity index (χ2v) is 15.2. The molecule has 0 spiro atoms. The van der Waals surface area contributed by atoms with Crippen LogP contribution in [0.3, 0.4) is 0 Å². The summed E-state index contributed by atoms with van der Waals surface area (Å²) in [6.07, 6.45) is 16.0. The van der Waals surface area contributed by atoms with Crippen LogP contribution in [0.15, 0.2) is 41.8 Å². The number of likely N-dealkylation sites (tertiary alicyclic amines) is 2. The van der Waals surface area contributed by atoms with E-state index < -0.39 is 11.7 Å². The van der Waals surface area contributed by atoms with Gasteiger partial charge in [0.1, 0.15) is 5.76 Å². The fraction of sp³-hybridized carbons (Fsp3) is 0.684. The Labute approximate surface area is 284 Å². The summed E-state index contributed by atoms with van der Waals surface area (Å²) >= 11 is 1.39. The van der Waals surface area contributed by atoms with Crippen molar-refractivity contribution in [1.29, 1.82) is 0 Å². The lowest BCUT2D eigenvalue weighted by molar-refractivity contribution is -0.137. The van der Waals surface area contributed by atoms with E-state index >= 15 is 0 Å². The molecule has 0 aliphatic carbocycles. The number of carbonyl (C=O) groups is 1. The summed E-state index contributed by atoms with van der Waals surface area (Å²) in [6, 6.07) is 6.40. The monoisotopic (exact) mass is 673 g/mol. The number of rotatable bonds is 14. The minimum atomic E-state index is -4.36. The van der Waals surface area contributed by atoms with E-state index in [2.05, 4.69) is 21.7 Å². The third-order valence-corrected chi connectivity index (χ3v) is 11.5. The number of hydrogen-bond acceptors (Lipinski definition) is 6. The van der Waals surface area contributed by atoms with E-state index in [9.17, 15) is 18.0 Å². The molecule has 0 saturated carbocycles. The zero-order chi connectivity index (χ0) is 33.2. The summed E-state index contributed by atoms with van der Waals surface area (Å²) in [6.45, 7) is 8.51. The van der Waals surface area contributed by atoms with Gasteiger partial charge in [0.05, 0.1) is 16.3 Å². The van der Waals surface area contributed by atoms with E-state index in [1.54, 1.807) is 12.3 Å². The third-order valence-electron chi connectivity index (χ3n) is 10.4. The van der Waals surface area contributed by atoms with Gasteiger partial charge >= 0.3 is 6.18 Å². The molecule has 0 bridgehead atoms. The first-order chi connectivity index (χ1) is 22.7. The Bertz CT molecular complexity index is 1330. The lowest BCUT2D eigenvalue weighted by atomic mass is 9.98. The number of benzene rings is 1. The van der Waals surface area contributed by atoms with Crippen molar-refractivity contribution in [3.8, 4) is 0 Å². The van der Waals surface area contributed by atoms with Crippen LogP contribution in [0, 0.1) is 0 Å². The number of carbonyl (C=O) groups excluding carboxylic acids is 1. The molecule has 9 heteroatoms. The first-order valence-electron chi connectivity index (χ1n) is 18.2. The molecular formula is C38H54F3N3O2S. The van der Waals surface area contributed by atoms with Crippen molar-refractivity contribution in [2.24, 2.45) is 0 Å². The molecule has 2 aromatic rings. The predicted octanol–water partition coefficient (Wildman–Crippen LogP) is 9.93. The molecule has 3 unspecified atom stereocenters.